The van der Waals surface area contributed by atoms with Crippen LogP contribution in [0.4, 0.5) is 0 Å². The van der Waals surface area contributed by atoms with E-state index in [1.165, 1.54) is 12.7 Å². The zero-order valence-electron chi connectivity index (χ0n) is 15.8. The van der Waals surface area contributed by atoms with Gasteiger partial charge < -0.3 is 4.74 Å². The van der Waals surface area contributed by atoms with Gasteiger partial charge >= 0.3 is 5.97 Å². The van der Waals surface area contributed by atoms with Crippen LogP contribution >= 0.6 is 0 Å². The van der Waals surface area contributed by atoms with Gasteiger partial charge in [0, 0.05) is 14.5 Å². The highest BCUT2D eigenvalue weighted by Gasteiger charge is 2.51. The third-order valence-electron chi connectivity index (χ3n) is 6.55. The van der Waals surface area contributed by atoms with Gasteiger partial charge in [-0.3, -0.25) is 9.59 Å². The Morgan fingerprint density at radius 1 is 1.30 bits per heavy atom. The van der Waals surface area contributed by atoms with Crippen molar-refractivity contribution in [1.29, 1.82) is 0 Å². The van der Waals surface area contributed by atoms with Crippen LogP contribution in [0.25, 0.3) is 0 Å². The van der Waals surface area contributed by atoms with Gasteiger partial charge in [0.25, 0.3) is 0 Å². The molecule has 0 N–H and O–H groups in total. The minimum Gasteiger partial charge on any atom is -0.469 e. The number of Topliss-reactive ketones (excluding diaryl/α,β-unsaturated/α-hetero) is 1. The molecule has 0 aromatic heterocycles. The van der Waals surface area contributed by atoms with Crippen molar-refractivity contribution in [1.82, 2.24) is 0 Å². The predicted molar refractivity (Wildman–Crippen MR) is 96.0 cm³/mol. The van der Waals surface area contributed by atoms with Crippen molar-refractivity contribution in [3.8, 4) is 0 Å². The quantitative estimate of drug-likeness (QED) is 0.559. The van der Waals surface area contributed by atoms with Crippen molar-refractivity contribution < 1.29 is 14.3 Å². The van der Waals surface area contributed by atoms with Crippen molar-refractivity contribution in [2.24, 2.45) is 17.3 Å². The first kappa shape index (κ1) is 18.4. The number of ether oxygens (including phenoxy) is 1. The number of hydrogen-bond acceptors (Lipinski definition) is 3. The predicted octanol–water partition coefficient (Wildman–Crippen LogP) is 4.60. The number of carbonyl (C=O) groups is 2. The molecule has 2 aliphatic rings. The van der Waals surface area contributed by atoms with Gasteiger partial charge in [0.1, 0.15) is 0 Å². The van der Waals surface area contributed by atoms with Crippen molar-refractivity contribution in [2.75, 3.05) is 7.11 Å². The highest BCUT2D eigenvalue weighted by molar-refractivity contribution is 6.78. The first-order chi connectivity index (χ1) is 10.5. The maximum absolute atomic E-state index is 12.6. The van der Waals surface area contributed by atoms with Crippen molar-refractivity contribution >= 4 is 19.8 Å². The zero-order chi connectivity index (χ0) is 17.6. The van der Waals surface area contributed by atoms with Crippen molar-refractivity contribution in [3.05, 3.63) is 11.1 Å². The lowest BCUT2D eigenvalue weighted by Crippen LogP contribution is -2.47. The first-order valence-corrected chi connectivity index (χ1v) is 12.4. The fourth-order valence-electron chi connectivity index (χ4n) is 5.00. The number of hydrogen-bond donors (Lipinski definition) is 0. The van der Waals surface area contributed by atoms with Gasteiger partial charge in [-0.1, -0.05) is 39.1 Å². The summed E-state index contributed by atoms with van der Waals surface area (Å²) in [6.45, 7) is 13.5. The molecular weight excluding hydrogens is 304 g/mol. The number of rotatable bonds is 3. The van der Waals surface area contributed by atoms with Crippen LogP contribution in [0.15, 0.2) is 11.1 Å². The SMILES string of the molecule is COC(=O)[C@@H](C)[C@@H]1CC[C@]2(C)C(=C(C)C(=O)C[C@@H]2[Si](C)(C)C)C1. The summed E-state index contributed by atoms with van der Waals surface area (Å²) >= 11 is 0. The molecule has 0 unspecified atom stereocenters. The van der Waals surface area contributed by atoms with E-state index in [4.69, 9.17) is 4.74 Å². The second-order valence-corrected chi connectivity index (χ2v) is 14.3. The topological polar surface area (TPSA) is 43.4 Å². The molecule has 4 heteroatoms. The number of allylic oxidation sites excluding steroid dienone is 2. The Morgan fingerprint density at radius 2 is 1.91 bits per heavy atom. The van der Waals surface area contributed by atoms with E-state index < -0.39 is 8.07 Å². The van der Waals surface area contributed by atoms with E-state index in [9.17, 15) is 9.59 Å². The third kappa shape index (κ3) is 3.19. The van der Waals surface area contributed by atoms with Gasteiger partial charge in [-0.2, -0.15) is 0 Å². The largest absolute Gasteiger partial charge is 0.469 e. The number of esters is 1. The Balaban J connectivity index is 2.38. The summed E-state index contributed by atoms with van der Waals surface area (Å²) in [5, 5.41) is 0. The molecule has 0 aromatic carbocycles. The van der Waals surface area contributed by atoms with Crippen molar-refractivity contribution in [3.63, 3.8) is 0 Å². The van der Waals surface area contributed by atoms with Crippen LogP contribution in [0.2, 0.25) is 25.2 Å². The zero-order valence-corrected chi connectivity index (χ0v) is 16.8. The van der Waals surface area contributed by atoms with Crippen molar-refractivity contribution in [2.45, 2.75) is 71.6 Å². The Bertz CT molecular complexity index is 543. The molecule has 0 aromatic rings. The lowest BCUT2D eigenvalue weighted by molar-refractivity contribution is -0.147. The minimum atomic E-state index is -1.43. The summed E-state index contributed by atoms with van der Waals surface area (Å²) in [4.78, 5) is 24.5. The van der Waals surface area contributed by atoms with Gasteiger partial charge in [-0.05, 0) is 48.6 Å². The number of ketones is 1. The average Bonchev–Trinajstić information content (AvgIpc) is 2.48. The summed E-state index contributed by atoms with van der Waals surface area (Å²) < 4.78 is 4.93. The minimum absolute atomic E-state index is 0.0905. The second-order valence-electron chi connectivity index (χ2n) is 8.88. The first-order valence-electron chi connectivity index (χ1n) is 8.83. The molecule has 0 bridgehead atoms. The highest BCUT2D eigenvalue weighted by atomic mass is 28.3. The molecule has 3 nitrogen and oxygen atoms in total. The third-order valence-corrected chi connectivity index (χ3v) is 9.48. The fraction of sp³-hybridized carbons (Fsp3) is 0.789. The van der Waals surface area contributed by atoms with E-state index in [0.717, 1.165) is 31.3 Å². The molecule has 0 amide bonds. The molecule has 4 atom stereocenters. The Labute approximate surface area is 141 Å². The monoisotopic (exact) mass is 336 g/mol. The van der Waals surface area contributed by atoms with Gasteiger partial charge in [0.2, 0.25) is 0 Å². The van der Waals surface area contributed by atoms with Crippen LogP contribution in [0.3, 0.4) is 0 Å². The molecule has 0 radical (unpaired) electrons. The highest BCUT2D eigenvalue weighted by Crippen LogP contribution is 2.59. The molecule has 2 rings (SSSR count). The molecule has 130 valence electrons. The number of methoxy groups -OCH3 is 1. The summed E-state index contributed by atoms with van der Waals surface area (Å²) in [5.74, 6) is 0.415. The standard InChI is InChI=1S/C19H32O3Si/c1-12(18(21)22-4)14-8-9-19(3)15(10-14)13(2)16(20)11-17(19)23(5,6)7/h12,14,17H,8-11H2,1-7H3/t12-,14+,17-,19+/m0/s1. The summed E-state index contributed by atoms with van der Waals surface area (Å²) in [6.07, 6.45) is 3.75. The average molecular weight is 337 g/mol. The molecular formula is C19H32O3Si. The van der Waals surface area contributed by atoms with Gasteiger partial charge in [-0.25, -0.2) is 0 Å². The Morgan fingerprint density at radius 3 is 2.43 bits per heavy atom. The number of fused-ring (bicyclic) bond motifs is 1. The van der Waals surface area contributed by atoms with E-state index in [1.807, 2.05) is 13.8 Å². The normalized spacial score (nSPS) is 33.3. The summed E-state index contributed by atoms with van der Waals surface area (Å²) in [5.41, 5.74) is 2.97. The molecule has 1 fully saturated rings. The fourth-order valence-corrected chi connectivity index (χ4v) is 8.03. The van der Waals surface area contributed by atoms with E-state index in [1.54, 1.807) is 0 Å². The molecule has 0 spiro atoms. The van der Waals surface area contributed by atoms with Crippen LogP contribution in [-0.4, -0.2) is 26.9 Å². The lowest BCUT2D eigenvalue weighted by atomic mass is 9.59. The molecule has 0 saturated heterocycles. The molecule has 23 heavy (non-hydrogen) atoms. The van der Waals surface area contributed by atoms with Gasteiger partial charge in [0.15, 0.2) is 5.78 Å². The van der Waals surface area contributed by atoms with E-state index in [2.05, 4.69) is 26.6 Å². The van der Waals surface area contributed by atoms with Crippen LogP contribution < -0.4 is 0 Å². The van der Waals surface area contributed by atoms with Crippen LogP contribution in [0, 0.1) is 17.3 Å². The molecule has 2 aliphatic carbocycles. The Kier molecular flexibility index (Phi) is 4.96. The van der Waals surface area contributed by atoms with E-state index in [-0.39, 0.29) is 17.3 Å². The van der Waals surface area contributed by atoms with Crippen LogP contribution in [-0.2, 0) is 14.3 Å². The lowest BCUT2D eigenvalue weighted by Gasteiger charge is -2.53. The second kappa shape index (κ2) is 6.19. The summed E-state index contributed by atoms with van der Waals surface area (Å²) in [6, 6.07) is 0. The maximum atomic E-state index is 12.6. The van der Waals surface area contributed by atoms with Gasteiger partial charge in [-0.15, -0.1) is 0 Å². The van der Waals surface area contributed by atoms with E-state index in [0.29, 0.717) is 17.2 Å². The van der Waals surface area contributed by atoms with Gasteiger partial charge in [0.05, 0.1) is 13.0 Å². The molecule has 0 aliphatic heterocycles. The van der Waals surface area contributed by atoms with Crippen LogP contribution in [0.1, 0.15) is 46.5 Å². The number of carbonyl (C=O) groups excluding carboxylic acids is 2. The van der Waals surface area contributed by atoms with Crippen LogP contribution in [0.5, 0.6) is 0 Å². The molecule has 0 heterocycles. The smallest absolute Gasteiger partial charge is 0.308 e. The van der Waals surface area contributed by atoms with E-state index >= 15 is 0 Å². The maximum Gasteiger partial charge on any atom is 0.308 e. The Hall–Kier alpha value is -0.903. The molecule has 1 saturated carbocycles. The summed E-state index contributed by atoms with van der Waals surface area (Å²) in [7, 11) is 0.0271.